The van der Waals surface area contributed by atoms with E-state index in [-0.39, 0.29) is 18.9 Å². The summed E-state index contributed by atoms with van der Waals surface area (Å²) in [6.45, 7) is 2.75. The quantitative estimate of drug-likeness (QED) is 0.896. The summed E-state index contributed by atoms with van der Waals surface area (Å²) in [5.41, 5.74) is 3.02. The van der Waals surface area contributed by atoms with Crippen LogP contribution in [0.25, 0.3) is 10.9 Å². The molecule has 0 radical (unpaired) electrons. The number of morpholine rings is 1. The third-order valence-electron chi connectivity index (χ3n) is 4.00. The molecule has 1 aliphatic rings. The number of amides is 1. The van der Waals surface area contributed by atoms with Crippen molar-refractivity contribution in [3.63, 3.8) is 0 Å². The molecule has 2 N–H and O–H groups in total. The molecule has 2 aromatic rings. The number of carbonyl (C=O) groups is 2. The van der Waals surface area contributed by atoms with Gasteiger partial charge in [-0.15, -0.1) is 0 Å². The highest BCUT2D eigenvalue weighted by atomic mass is 16.5. The van der Waals surface area contributed by atoms with Gasteiger partial charge in [-0.05, 0) is 24.1 Å². The Morgan fingerprint density at radius 1 is 1.45 bits per heavy atom. The number of aryl methyl sites for hydroxylation is 1. The Hall–Kier alpha value is -2.34. The maximum absolute atomic E-state index is 12.5. The normalized spacial score (nSPS) is 18.6. The molecule has 3 rings (SSSR count). The van der Waals surface area contributed by atoms with Crippen molar-refractivity contribution < 1.29 is 19.4 Å². The molecule has 6 heteroatoms. The molecule has 116 valence electrons. The van der Waals surface area contributed by atoms with E-state index in [1.165, 1.54) is 4.90 Å². The molecule has 0 bridgehead atoms. The van der Waals surface area contributed by atoms with E-state index in [1.54, 1.807) is 0 Å². The minimum atomic E-state index is -1.03. The Morgan fingerprint density at radius 3 is 3.05 bits per heavy atom. The summed E-state index contributed by atoms with van der Waals surface area (Å²) >= 11 is 0. The highest BCUT2D eigenvalue weighted by Gasteiger charge is 2.32. The van der Waals surface area contributed by atoms with Crippen LogP contribution in [0.3, 0.4) is 0 Å². The third kappa shape index (κ3) is 2.69. The molecule has 1 aliphatic heterocycles. The van der Waals surface area contributed by atoms with Gasteiger partial charge in [0.1, 0.15) is 0 Å². The SMILES string of the molecule is Cc1ccc2c(CC(=O)N3CCOCC3C(=O)O)c[nH]c2c1. The number of nitrogens with zero attached hydrogens (tertiary/aromatic N) is 1. The van der Waals surface area contributed by atoms with Crippen LogP contribution in [0, 0.1) is 6.92 Å². The van der Waals surface area contributed by atoms with Crippen LogP contribution < -0.4 is 0 Å². The Morgan fingerprint density at radius 2 is 2.27 bits per heavy atom. The molecule has 0 aliphatic carbocycles. The number of nitrogens with one attached hydrogen (secondary N) is 1. The number of carboxylic acids is 1. The third-order valence-corrected chi connectivity index (χ3v) is 4.00. The first-order valence-corrected chi connectivity index (χ1v) is 7.23. The van der Waals surface area contributed by atoms with Gasteiger partial charge in [0.15, 0.2) is 6.04 Å². The van der Waals surface area contributed by atoms with Gasteiger partial charge < -0.3 is 19.7 Å². The molecule has 22 heavy (non-hydrogen) atoms. The first kappa shape index (κ1) is 14.6. The topological polar surface area (TPSA) is 82.6 Å². The second-order valence-electron chi connectivity index (χ2n) is 5.56. The number of H-pyrrole nitrogens is 1. The van der Waals surface area contributed by atoms with Crippen LogP contribution >= 0.6 is 0 Å². The molecule has 1 fully saturated rings. The van der Waals surface area contributed by atoms with E-state index in [9.17, 15) is 14.7 Å². The molecule has 6 nitrogen and oxygen atoms in total. The maximum atomic E-state index is 12.5. The van der Waals surface area contributed by atoms with Crippen molar-refractivity contribution in [2.24, 2.45) is 0 Å². The van der Waals surface area contributed by atoms with E-state index in [0.717, 1.165) is 22.0 Å². The van der Waals surface area contributed by atoms with Gasteiger partial charge >= 0.3 is 5.97 Å². The molecule has 0 saturated carbocycles. The number of hydrogen-bond donors (Lipinski definition) is 2. The van der Waals surface area contributed by atoms with Gasteiger partial charge in [-0.25, -0.2) is 4.79 Å². The lowest BCUT2D eigenvalue weighted by Crippen LogP contribution is -2.53. The lowest BCUT2D eigenvalue weighted by molar-refractivity contribution is -0.157. The minimum absolute atomic E-state index is 0.0498. The van der Waals surface area contributed by atoms with Gasteiger partial charge in [-0.1, -0.05) is 12.1 Å². The van der Waals surface area contributed by atoms with Crippen LogP contribution in [0.5, 0.6) is 0 Å². The van der Waals surface area contributed by atoms with Crippen molar-refractivity contribution in [1.82, 2.24) is 9.88 Å². The molecule has 1 unspecified atom stereocenters. The summed E-state index contributed by atoms with van der Waals surface area (Å²) in [6.07, 6.45) is 2.01. The fourth-order valence-corrected chi connectivity index (χ4v) is 2.82. The average Bonchev–Trinajstić information content (AvgIpc) is 2.89. The number of carboxylic acid groups (broad SMARTS) is 1. The first-order valence-electron chi connectivity index (χ1n) is 7.23. The molecule has 2 heterocycles. The number of aromatic amines is 1. The van der Waals surface area contributed by atoms with Crippen molar-refractivity contribution in [1.29, 1.82) is 0 Å². The summed E-state index contributed by atoms with van der Waals surface area (Å²) in [7, 11) is 0. The maximum Gasteiger partial charge on any atom is 0.328 e. The number of fused-ring (bicyclic) bond motifs is 1. The van der Waals surface area contributed by atoms with E-state index < -0.39 is 12.0 Å². The van der Waals surface area contributed by atoms with Crippen molar-refractivity contribution in [3.8, 4) is 0 Å². The van der Waals surface area contributed by atoms with Gasteiger partial charge in [-0.2, -0.15) is 0 Å². The number of aliphatic carboxylic acids is 1. The minimum Gasteiger partial charge on any atom is -0.480 e. The Kier molecular flexibility index (Phi) is 3.85. The van der Waals surface area contributed by atoms with Crippen LogP contribution in [0.15, 0.2) is 24.4 Å². The van der Waals surface area contributed by atoms with E-state index >= 15 is 0 Å². The Bertz CT molecular complexity index is 722. The summed E-state index contributed by atoms with van der Waals surface area (Å²) in [5, 5.41) is 10.2. The predicted octanol–water partition coefficient (Wildman–Crippen LogP) is 1.33. The number of ether oxygens (including phenoxy) is 1. The zero-order valence-electron chi connectivity index (χ0n) is 12.3. The summed E-state index contributed by atoms with van der Waals surface area (Å²) in [5.74, 6) is -1.21. The molecule has 1 amide bonds. The molecule has 1 aromatic heterocycles. The number of aromatic nitrogens is 1. The first-order chi connectivity index (χ1) is 10.6. The van der Waals surface area contributed by atoms with Crippen LogP contribution in [0.2, 0.25) is 0 Å². The van der Waals surface area contributed by atoms with Crippen molar-refractivity contribution >= 4 is 22.8 Å². The van der Waals surface area contributed by atoms with E-state index in [4.69, 9.17) is 4.74 Å². The number of carbonyl (C=O) groups excluding carboxylic acids is 1. The van der Waals surface area contributed by atoms with Gasteiger partial charge in [0.25, 0.3) is 0 Å². The van der Waals surface area contributed by atoms with Crippen LogP contribution in [0.1, 0.15) is 11.1 Å². The molecule has 0 spiro atoms. The zero-order chi connectivity index (χ0) is 15.7. The molecular formula is C16H18N2O4. The van der Waals surface area contributed by atoms with E-state index in [2.05, 4.69) is 4.98 Å². The second-order valence-corrected chi connectivity index (χ2v) is 5.56. The zero-order valence-corrected chi connectivity index (χ0v) is 12.3. The second kappa shape index (κ2) is 5.81. The number of benzene rings is 1. The fourth-order valence-electron chi connectivity index (χ4n) is 2.82. The molecule has 1 aromatic carbocycles. The highest BCUT2D eigenvalue weighted by Crippen LogP contribution is 2.21. The highest BCUT2D eigenvalue weighted by molar-refractivity contribution is 5.91. The largest absolute Gasteiger partial charge is 0.480 e. The van der Waals surface area contributed by atoms with Crippen LogP contribution in [-0.2, 0) is 20.7 Å². The van der Waals surface area contributed by atoms with Gasteiger partial charge in [0.05, 0.1) is 19.6 Å². The lowest BCUT2D eigenvalue weighted by atomic mass is 10.1. The average molecular weight is 302 g/mol. The van der Waals surface area contributed by atoms with E-state index in [0.29, 0.717) is 13.2 Å². The number of rotatable bonds is 3. The summed E-state index contributed by atoms with van der Waals surface area (Å²) in [6, 6.07) is 5.11. The smallest absolute Gasteiger partial charge is 0.328 e. The Labute approximate surface area is 127 Å². The van der Waals surface area contributed by atoms with Gasteiger partial charge in [0.2, 0.25) is 5.91 Å². The fraction of sp³-hybridized carbons (Fsp3) is 0.375. The molecule has 1 saturated heterocycles. The van der Waals surface area contributed by atoms with Crippen molar-refractivity contribution in [3.05, 3.63) is 35.5 Å². The molecule has 1 atom stereocenters. The Balaban J connectivity index is 1.81. The molecular weight excluding hydrogens is 284 g/mol. The predicted molar refractivity (Wildman–Crippen MR) is 80.7 cm³/mol. The van der Waals surface area contributed by atoms with Gasteiger partial charge in [0, 0.05) is 23.6 Å². The van der Waals surface area contributed by atoms with E-state index in [1.807, 2.05) is 31.3 Å². The van der Waals surface area contributed by atoms with Crippen LogP contribution in [-0.4, -0.2) is 52.7 Å². The number of hydrogen-bond acceptors (Lipinski definition) is 3. The van der Waals surface area contributed by atoms with Crippen molar-refractivity contribution in [2.75, 3.05) is 19.8 Å². The monoisotopic (exact) mass is 302 g/mol. The standard InChI is InChI=1S/C16H18N2O4/c1-10-2-3-12-11(8-17-13(12)6-10)7-15(19)18-4-5-22-9-14(18)16(20)21/h2-3,6,8,14,17H,4-5,7,9H2,1H3,(H,20,21). The lowest BCUT2D eigenvalue weighted by Gasteiger charge is -2.32. The van der Waals surface area contributed by atoms with Crippen LogP contribution in [0.4, 0.5) is 0 Å². The van der Waals surface area contributed by atoms with Gasteiger partial charge in [-0.3, -0.25) is 4.79 Å². The summed E-state index contributed by atoms with van der Waals surface area (Å²) in [4.78, 5) is 28.3. The van der Waals surface area contributed by atoms with Crippen molar-refractivity contribution in [2.45, 2.75) is 19.4 Å². The summed E-state index contributed by atoms with van der Waals surface area (Å²) < 4.78 is 5.16.